The Bertz CT molecular complexity index is 1640. The van der Waals surface area contributed by atoms with Crippen LogP contribution in [0.25, 0.3) is 22.3 Å². The van der Waals surface area contributed by atoms with Crippen molar-refractivity contribution < 1.29 is 17.9 Å². The second-order valence-electron chi connectivity index (χ2n) is 9.51. The molecule has 0 radical (unpaired) electrons. The fraction of sp³-hybridized carbons (Fsp3) is 0.296. The molecule has 1 fully saturated rings. The number of nitrogens with one attached hydrogen (secondary N) is 1. The number of amides is 1. The molecule has 1 aliphatic heterocycles. The fourth-order valence-electron chi connectivity index (χ4n) is 4.35. The maximum atomic E-state index is 12.8. The average molecular weight is 516 g/mol. The Kier molecular flexibility index (Phi) is 5.92. The van der Waals surface area contributed by atoms with E-state index < -0.39 is 21.0 Å². The van der Waals surface area contributed by atoms with Crippen molar-refractivity contribution in [1.82, 2.24) is 25.3 Å². The predicted molar refractivity (Wildman–Crippen MR) is 136 cm³/mol. The lowest BCUT2D eigenvalue weighted by atomic mass is 10.1. The van der Waals surface area contributed by atoms with Gasteiger partial charge in [-0.3, -0.25) is 19.7 Å². The van der Waals surface area contributed by atoms with Gasteiger partial charge in [0.1, 0.15) is 0 Å². The molecule has 37 heavy (non-hydrogen) atoms. The third-order valence-electron chi connectivity index (χ3n) is 6.71. The Labute approximate surface area is 214 Å². The molecule has 0 unspecified atom stereocenters. The highest BCUT2D eigenvalue weighted by atomic mass is 32.2. The van der Waals surface area contributed by atoms with E-state index in [0.29, 0.717) is 17.3 Å². The van der Waals surface area contributed by atoms with Gasteiger partial charge in [-0.15, -0.1) is 0 Å². The standard InChI is InChI=1S/C27H25N5O4S/c1-16-14-36-15-25-26(37(16,34)35)9-19(12-29-25)27(33)30-13-20-10-24-18(11-28-20)7-8-23(32-24)22-4-2-3-21(31-22)17-5-6-17/h2-4,7-12,16-17H,5-6,13-15H2,1H3,(H,30,33)/t16-/m1/s1. The molecule has 0 aromatic carbocycles. The zero-order chi connectivity index (χ0) is 25.6. The normalized spacial score (nSPS) is 18.7. The molecule has 1 amide bonds. The molecule has 6 rings (SSSR count). The SMILES string of the molecule is C[C@@H]1COCc2ncc(C(=O)NCc3cc4nc(-c5cccc(C6CC6)n5)ccc4cn3)cc2S1(=O)=O. The number of nitrogens with zero attached hydrogens (tertiary/aromatic N) is 4. The lowest BCUT2D eigenvalue weighted by Gasteiger charge is -2.11. The Morgan fingerprint density at radius 2 is 1.89 bits per heavy atom. The molecule has 1 atom stereocenters. The maximum Gasteiger partial charge on any atom is 0.253 e. The number of carbonyl (C=O) groups is 1. The summed E-state index contributed by atoms with van der Waals surface area (Å²) in [6, 6.07) is 13.2. The van der Waals surface area contributed by atoms with Gasteiger partial charge in [0.2, 0.25) is 0 Å². The average Bonchev–Trinajstić information content (AvgIpc) is 3.77. The summed E-state index contributed by atoms with van der Waals surface area (Å²) < 4.78 is 31.0. The first-order valence-corrected chi connectivity index (χ1v) is 13.7. The minimum Gasteiger partial charge on any atom is -0.374 e. The monoisotopic (exact) mass is 515 g/mol. The van der Waals surface area contributed by atoms with Crippen LogP contribution in [-0.2, 0) is 27.7 Å². The van der Waals surface area contributed by atoms with Crippen LogP contribution < -0.4 is 5.32 Å². The lowest BCUT2D eigenvalue weighted by molar-refractivity contribution is 0.0949. The largest absolute Gasteiger partial charge is 0.374 e. The minimum absolute atomic E-state index is 0.0464. The van der Waals surface area contributed by atoms with Crippen LogP contribution in [0.5, 0.6) is 0 Å². The summed E-state index contributed by atoms with van der Waals surface area (Å²) in [5, 5.41) is 2.98. The first kappa shape index (κ1) is 23.6. The summed E-state index contributed by atoms with van der Waals surface area (Å²) >= 11 is 0. The van der Waals surface area contributed by atoms with E-state index in [1.165, 1.54) is 25.1 Å². The van der Waals surface area contributed by atoms with Crippen molar-refractivity contribution in [2.75, 3.05) is 6.61 Å². The molecule has 1 saturated carbocycles. The van der Waals surface area contributed by atoms with Gasteiger partial charge in [0.15, 0.2) is 9.84 Å². The van der Waals surface area contributed by atoms with Crippen molar-refractivity contribution in [3.63, 3.8) is 0 Å². The van der Waals surface area contributed by atoms with E-state index in [-0.39, 0.29) is 30.2 Å². The molecule has 5 heterocycles. The molecule has 188 valence electrons. The summed E-state index contributed by atoms with van der Waals surface area (Å²) in [5.41, 5.74) is 4.59. The molecule has 0 spiro atoms. The van der Waals surface area contributed by atoms with E-state index >= 15 is 0 Å². The van der Waals surface area contributed by atoms with Crippen molar-refractivity contribution in [3.05, 3.63) is 77.5 Å². The summed E-state index contributed by atoms with van der Waals surface area (Å²) in [6.45, 7) is 1.92. The van der Waals surface area contributed by atoms with Crippen LogP contribution in [0, 0.1) is 0 Å². The zero-order valence-electron chi connectivity index (χ0n) is 20.2. The number of ether oxygens (including phenoxy) is 1. The third kappa shape index (κ3) is 4.70. The quantitative estimate of drug-likeness (QED) is 0.428. The second-order valence-corrected chi connectivity index (χ2v) is 11.8. The molecule has 4 aromatic heterocycles. The number of carbonyl (C=O) groups excluding carboxylic acids is 1. The highest BCUT2D eigenvalue weighted by molar-refractivity contribution is 7.92. The van der Waals surface area contributed by atoms with Crippen LogP contribution in [0.1, 0.15) is 53.1 Å². The molecule has 1 aliphatic carbocycles. The van der Waals surface area contributed by atoms with Gasteiger partial charge in [-0.05, 0) is 56.2 Å². The third-order valence-corrected chi connectivity index (χ3v) is 8.87. The molecule has 0 bridgehead atoms. The van der Waals surface area contributed by atoms with Crippen LogP contribution in [0.3, 0.4) is 0 Å². The van der Waals surface area contributed by atoms with E-state index in [2.05, 4.69) is 21.4 Å². The zero-order valence-corrected chi connectivity index (χ0v) is 21.0. The Hall–Kier alpha value is -3.76. The predicted octanol–water partition coefficient (Wildman–Crippen LogP) is 3.59. The van der Waals surface area contributed by atoms with E-state index in [4.69, 9.17) is 14.7 Å². The summed E-state index contributed by atoms with van der Waals surface area (Å²) in [6.07, 6.45) is 5.47. The van der Waals surface area contributed by atoms with Crippen molar-refractivity contribution in [2.45, 2.75) is 49.0 Å². The number of aromatic nitrogens is 4. The van der Waals surface area contributed by atoms with Crippen LogP contribution in [-0.4, -0.2) is 46.1 Å². The highest BCUT2D eigenvalue weighted by Crippen LogP contribution is 2.39. The molecular formula is C27H25N5O4S. The highest BCUT2D eigenvalue weighted by Gasteiger charge is 2.31. The van der Waals surface area contributed by atoms with Crippen molar-refractivity contribution >= 4 is 26.6 Å². The molecule has 4 aromatic rings. The van der Waals surface area contributed by atoms with Gasteiger partial charge in [-0.25, -0.2) is 13.4 Å². The minimum atomic E-state index is -3.63. The summed E-state index contributed by atoms with van der Waals surface area (Å²) in [7, 11) is -3.63. The molecule has 9 nitrogen and oxygen atoms in total. The van der Waals surface area contributed by atoms with Crippen LogP contribution in [0.4, 0.5) is 0 Å². The lowest BCUT2D eigenvalue weighted by Crippen LogP contribution is -2.25. The smallest absolute Gasteiger partial charge is 0.253 e. The Balaban J connectivity index is 1.21. The van der Waals surface area contributed by atoms with Crippen molar-refractivity contribution in [3.8, 4) is 11.4 Å². The Morgan fingerprint density at radius 3 is 2.73 bits per heavy atom. The number of sulfone groups is 1. The van der Waals surface area contributed by atoms with Gasteiger partial charge in [-0.1, -0.05) is 6.07 Å². The van der Waals surface area contributed by atoms with Gasteiger partial charge in [0, 0.05) is 29.4 Å². The number of fused-ring (bicyclic) bond motifs is 2. The van der Waals surface area contributed by atoms with Gasteiger partial charge in [0.05, 0.1) is 63.8 Å². The van der Waals surface area contributed by atoms with Gasteiger partial charge in [-0.2, -0.15) is 0 Å². The van der Waals surface area contributed by atoms with Crippen LogP contribution >= 0.6 is 0 Å². The molecular weight excluding hydrogens is 490 g/mol. The maximum absolute atomic E-state index is 12.8. The van der Waals surface area contributed by atoms with Crippen LogP contribution in [0.2, 0.25) is 0 Å². The second kappa shape index (κ2) is 9.28. The van der Waals surface area contributed by atoms with Gasteiger partial charge < -0.3 is 10.1 Å². The summed E-state index contributed by atoms with van der Waals surface area (Å²) in [5.74, 6) is 0.124. The number of rotatable bonds is 5. The number of hydrogen-bond acceptors (Lipinski definition) is 8. The topological polar surface area (TPSA) is 124 Å². The molecule has 1 N–H and O–H groups in total. The van der Waals surface area contributed by atoms with Crippen molar-refractivity contribution in [1.29, 1.82) is 0 Å². The molecule has 10 heteroatoms. The molecule has 2 aliphatic rings. The van der Waals surface area contributed by atoms with Gasteiger partial charge >= 0.3 is 0 Å². The van der Waals surface area contributed by atoms with Crippen molar-refractivity contribution in [2.24, 2.45) is 0 Å². The van der Waals surface area contributed by atoms with E-state index in [0.717, 1.165) is 28.0 Å². The van der Waals surface area contributed by atoms with Gasteiger partial charge in [0.25, 0.3) is 5.91 Å². The first-order valence-electron chi connectivity index (χ1n) is 12.2. The summed E-state index contributed by atoms with van der Waals surface area (Å²) in [4.78, 5) is 31.1. The first-order chi connectivity index (χ1) is 17.9. The fourth-order valence-corrected chi connectivity index (χ4v) is 5.79. The van der Waals surface area contributed by atoms with Crippen LogP contribution in [0.15, 0.2) is 59.8 Å². The van der Waals surface area contributed by atoms with E-state index in [1.807, 2.05) is 30.3 Å². The van der Waals surface area contributed by atoms with E-state index in [1.54, 1.807) is 13.1 Å². The number of hydrogen-bond donors (Lipinski definition) is 1. The number of pyridine rings is 4. The van der Waals surface area contributed by atoms with E-state index in [9.17, 15) is 13.2 Å². The molecule has 0 saturated heterocycles. The Morgan fingerprint density at radius 1 is 1.05 bits per heavy atom.